The fraction of sp³-hybridized carbons (Fsp3) is 0.588. The van der Waals surface area contributed by atoms with Gasteiger partial charge in [0, 0.05) is 38.7 Å². The lowest BCUT2D eigenvalue weighted by molar-refractivity contribution is -0.126. The Morgan fingerprint density at radius 3 is 2.77 bits per heavy atom. The number of hydrogen-bond donors (Lipinski definition) is 2. The summed E-state index contributed by atoms with van der Waals surface area (Å²) < 4.78 is 38.6. The molecule has 2 aliphatic heterocycles. The van der Waals surface area contributed by atoms with Crippen LogP contribution in [0.1, 0.15) is 19.3 Å². The Morgan fingerprint density at radius 1 is 1.23 bits per heavy atom. The molecule has 1 saturated heterocycles. The molecule has 0 aromatic heterocycles. The quantitative estimate of drug-likeness (QED) is 0.758. The Hall–Kier alpha value is -1.84. The molecule has 2 aliphatic rings. The standard InChI is InChI=1S/C17H25N3O5S/c18-6-7-19-17(21)13-3-1-8-20(12-13)26(22,23)14-4-5-15-16(11-14)25-10-2-9-24-15/h4-5,11,13H,1-3,6-10,12,18H2,(H,19,21). The first-order valence-corrected chi connectivity index (χ1v) is 10.3. The average molecular weight is 383 g/mol. The van der Waals surface area contributed by atoms with Gasteiger partial charge in [-0.15, -0.1) is 0 Å². The average Bonchev–Trinajstić information content (AvgIpc) is 2.91. The molecule has 144 valence electrons. The van der Waals surface area contributed by atoms with Crippen molar-refractivity contribution in [1.29, 1.82) is 0 Å². The minimum atomic E-state index is -3.70. The van der Waals surface area contributed by atoms with Crippen LogP contribution in [-0.2, 0) is 14.8 Å². The van der Waals surface area contributed by atoms with Crippen LogP contribution in [0.15, 0.2) is 23.1 Å². The number of carbonyl (C=O) groups is 1. The maximum Gasteiger partial charge on any atom is 0.243 e. The van der Waals surface area contributed by atoms with E-state index in [-0.39, 0.29) is 23.3 Å². The summed E-state index contributed by atoms with van der Waals surface area (Å²) in [5.41, 5.74) is 5.40. The van der Waals surface area contributed by atoms with Gasteiger partial charge in [0.05, 0.1) is 24.0 Å². The summed E-state index contributed by atoms with van der Waals surface area (Å²) in [5, 5.41) is 2.74. The van der Waals surface area contributed by atoms with Crippen LogP contribution in [-0.4, -0.2) is 58.0 Å². The SMILES string of the molecule is NCCNC(=O)C1CCCN(S(=O)(=O)c2ccc3c(c2)OCCCO3)C1. The van der Waals surface area contributed by atoms with Gasteiger partial charge in [-0.25, -0.2) is 8.42 Å². The third-order valence-corrected chi connectivity index (χ3v) is 6.42. The van der Waals surface area contributed by atoms with Crippen LogP contribution in [0.25, 0.3) is 0 Å². The normalized spacial score (nSPS) is 21.0. The van der Waals surface area contributed by atoms with Crippen molar-refractivity contribution in [3.05, 3.63) is 18.2 Å². The van der Waals surface area contributed by atoms with Crippen LogP contribution in [0.2, 0.25) is 0 Å². The van der Waals surface area contributed by atoms with Crippen molar-refractivity contribution in [3.8, 4) is 11.5 Å². The second-order valence-corrected chi connectivity index (χ2v) is 8.38. The van der Waals surface area contributed by atoms with Gasteiger partial charge < -0.3 is 20.5 Å². The summed E-state index contributed by atoms with van der Waals surface area (Å²) >= 11 is 0. The van der Waals surface area contributed by atoms with Crippen LogP contribution >= 0.6 is 0 Å². The van der Waals surface area contributed by atoms with Gasteiger partial charge >= 0.3 is 0 Å². The zero-order valence-electron chi connectivity index (χ0n) is 14.6. The lowest BCUT2D eigenvalue weighted by Crippen LogP contribution is -2.46. The molecule has 1 aromatic rings. The number of nitrogens with one attached hydrogen (secondary N) is 1. The lowest BCUT2D eigenvalue weighted by atomic mass is 9.99. The molecule has 1 fully saturated rings. The molecule has 26 heavy (non-hydrogen) atoms. The highest BCUT2D eigenvalue weighted by Gasteiger charge is 2.33. The molecule has 2 heterocycles. The van der Waals surface area contributed by atoms with Crippen LogP contribution in [0.5, 0.6) is 11.5 Å². The van der Waals surface area contributed by atoms with E-state index in [9.17, 15) is 13.2 Å². The smallest absolute Gasteiger partial charge is 0.243 e. The van der Waals surface area contributed by atoms with E-state index in [1.165, 1.54) is 16.4 Å². The minimum Gasteiger partial charge on any atom is -0.490 e. The second kappa shape index (κ2) is 8.24. The van der Waals surface area contributed by atoms with Crippen molar-refractivity contribution in [2.75, 3.05) is 39.4 Å². The fourth-order valence-electron chi connectivity index (χ4n) is 3.17. The molecule has 1 amide bonds. The highest BCUT2D eigenvalue weighted by Crippen LogP contribution is 2.33. The zero-order valence-corrected chi connectivity index (χ0v) is 15.5. The third kappa shape index (κ3) is 4.11. The predicted molar refractivity (Wildman–Crippen MR) is 95.6 cm³/mol. The van der Waals surface area contributed by atoms with Gasteiger partial charge in [-0.05, 0) is 25.0 Å². The Bertz CT molecular complexity index is 753. The van der Waals surface area contributed by atoms with E-state index >= 15 is 0 Å². The first-order chi connectivity index (χ1) is 12.5. The maximum atomic E-state index is 13.0. The van der Waals surface area contributed by atoms with Crippen LogP contribution in [0, 0.1) is 5.92 Å². The highest BCUT2D eigenvalue weighted by molar-refractivity contribution is 7.89. The molecular formula is C17H25N3O5S. The number of amides is 1. The van der Waals surface area contributed by atoms with Crippen LogP contribution in [0.3, 0.4) is 0 Å². The van der Waals surface area contributed by atoms with Crippen molar-refractivity contribution >= 4 is 15.9 Å². The zero-order chi connectivity index (χ0) is 18.6. The van der Waals surface area contributed by atoms with Crippen LogP contribution in [0.4, 0.5) is 0 Å². The Morgan fingerprint density at radius 2 is 2.00 bits per heavy atom. The molecule has 3 rings (SSSR count). The number of ether oxygens (including phenoxy) is 2. The number of sulfonamides is 1. The third-order valence-electron chi connectivity index (χ3n) is 4.56. The summed E-state index contributed by atoms with van der Waals surface area (Å²) in [4.78, 5) is 12.3. The van der Waals surface area contributed by atoms with E-state index in [4.69, 9.17) is 15.2 Å². The highest BCUT2D eigenvalue weighted by atomic mass is 32.2. The second-order valence-electron chi connectivity index (χ2n) is 6.44. The van der Waals surface area contributed by atoms with Crippen molar-refractivity contribution in [1.82, 2.24) is 9.62 Å². The molecule has 0 aliphatic carbocycles. The Balaban J connectivity index is 1.77. The number of hydrogen-bond acceptors (Lipinski definition) is 6. The first-order valence-electron chi connectivity index (χ1n) is 8.90. The van der Waals surface area contributed by atoms with Gasteiger partial charge in [0.2, 0.25) is 15.9 Å². The van der Waals surface area contributed by atoms with Gasteiger partial charge in [0.1, 0.15) is 0 Å². The molecular weight excluding hydrogens is 358 g/mol. The molecule has 3 N–H and O–H groups in total. The molecule has 0 spiro atoms. The molecule has 1 atom stereocenters. The molecule has 1 aromatic carbocycles. The van der Waals surface area contributed by atoms with Crippen LogP contribution < -0.4 is 20.5 Å². The van der Waals surface area contributed by atoms with Gasteiger partial charge in [-0.3, -0.25) is 4.79 Å². The largest absolute Gasteiger partial charge is 0.490 e. The van der Waals surface area contributed by atoms with Crippen molar-refractivity contribution in [3.63, 3.8) is 0 Å². The topological polar surface area (TPSA) is 111 Å². The minimum absolute atomic E-state index is 0.144. The number of rotatable bonds is 5. The molecule has 8 nitrogen and oxygen atoms in total. The van der Waals surface area contributed by atoms with E-state index in [1.807, 2.05) is 0 Å². The number of carbonyl (C=O) groups excluding carboxylic acids is 1. The monoisotopic (exact) mass is 383 g/mol. The summed E-state index contributed by atoms with van der Waals surface area (Å²) in [7, 11) is -3.70. The van der Waals surface area contributed by atoms with Gasteiger partial charge in [0.25, 0.3) is 0 Å². The van der Waals surface area contributed by atoms with Crippen molar-refractivity contribution in [2.45, 2.75) is 24.2 Å². The fourth-order valence-corrected chi connectivity index (χ4v) is 4.71. The molecule has 0 radical (unpaired) electrons. The van der Waals surface area contributed by atoms with E-state index in [2.05, 4.69) is 5.32 Å². The van der Waals surface area contributed by atoms with Crippen molar-refractivity contribution < 1.29 is 22.7 Å². The van der Waals surface area contributed by atoms with Gasteiger partial charge in [-0.2, -0.15) is 4.31 Å². The Kier molecular flexibility index (Phi) is 6.00. The lowest BCUT2D eigenvalue weighted by Gasteiger charge is -2.31. The molecule has 9 heteroatoms. The number of nitrogens with two attached hydrogens (primary N) is 1. The number of benzene rings is 1. The van der Waals surface area contributed by atoms with E-state index in [0.29, 0.717) is 57.2 Å². The Labute approximate surface area is 153 Å². The summed E-state index contributed by atoms with van der Waals surface area (Å²) in [6, 6.07) is 4.66. The first kappa shape index (κ1) is 18.9. The van der Waals surface area contributed by atoms with Crippen molar-refractivity contribution in [2.24, 2.45) is 11.7 Å². The van der Waals surface area contributed by atoms with E-state index < -0.39 is 10.0 Å². The number of piperidine rings is 1. The summed E-state index contributed by atoms with van der Waals surface area (Å²) in [6.07, 6.45) is 2.07. The molecule has 1 unspecified atom stereocenters. The maximum absolute atomic E-state index is 13.0. The number of fused-ring (bicyclic) bond motifs is 1. The molecule has 0 saturated carbocycles. The van der Waals surface area contributed by atoms with E-state index in [1.54, 1.807) is 6.07 Å². The predicted octanol–water partition coefficient (Wildman–Crippen LogP) is 0.323. The summed E-state index contributed by atoms with van der Waals surface area (Å²) in [6.45, 7) is 2.36. The number of nitrogens with zero attached hydrogens (tertiary/aromatic N) is 1. The molecule has 0 bridgehead atoms. The van der Waals surface area contributed by atoms with Gasteiger partial charge in [0.15, 0.2) is 11.5 Å². The van der Waals surface area contributed by atoms with Gasteiger partial charge in [-0.1, -0.05) is 0 Å². The summed E-state index contributed by atoms with van der Waals surface area (Å²) in [5.74, 6) is 0.497. The van der Waals surface area contributed by atoms with E-state index in [0.717, 1.165) is 6.42 Å².